The fourth-order valence-corrected chi connectivity index (χ4v) is 2.31. The van der Waals surface area contributed by atoms with Gasteiger partial charge in [-0.2, -0.15) is 0 Å². The number of nitrogens with one attached hydrogen (secondary N) is 1. The van der Waals surface area contributed by atoms with Crippen LogP contribution in [-0.2, 0) is 20.7 Å². The van der Waals surface area contributed by atoms with Crippen LogP contribution in [0.5, 0.6) is 5.75 Å². The molecule has 1 unspecified atom stereocenters. The van der Waals surface area contributed by atoms with Crippen LogP contribution in [0.2, 0.25) is 5.02 Å². The highest BCUT2D eigenvalue weighted by Crippen LogP contribution is 2.20. The molecule has 1 amide bonds. The summed E-state index contributed by atoms with van der Waals surface area (Å²) in [5.41, 5.74) is 0.541. The Labute approximate surface area is 149 Å². The van der Waals surface area contributed by atoms with E-state index in [1.165, 1.54) is 32.2 Å². The molecular formula is C18H17ClFNO4. The van der Waals surface area contributed by atoms with Crippen LogP contribution in [-0.4, -0.2) is 25.1 Å². The summed E-state index contributed by atoms with van der Waals surface area (Å²) < 4.78 is 23.8. The lowest BCUT2D eigenvalue weighted by Gasteiger charge is -2.14. The summed E-state index contributed by atoms with van der Waals surface area (Å²) in [5.74, 6) is -1.28. The number of benzene rings is 2. The minimum absolute atomic E-state index is 0.0366. The SMILES string of the molecule is COc1cccc(NC(=O)C(C)OC(=O)Cc2c(F)cccc2Cl)c1. The Bertz CT molecular complexity index is 761. The first-order chi connectivity index (χ1) is 11.9. The normalized spacial score (nSPS) is 11.5. The number of esters is 1. The van der Waals surface area contributed by atoms with Crippen LogP contribution in [0.1, 0.15) is 12.5 Å². The average Bonchev–Trinajstić information content (AvgIpc) is 2.58. The highest BCUT2D eigenvalue weighted by molar-refractivity contribution is 6.31. The molecule has 1 atom stereocenters. The predicted molar refractivity (Wildman–Crippen MR) is 92.3 cm³/mol. The standard InChI is InChI=1S/C18H17ClFNO4/c1-11(18(23)21-12-5-3-6-13(9-12)24-2)25-17(22)10-14-15(19)7-4-8-16(14)20/h3-9,11H,10H2,1-2H3,(H,21,23). The maximum absolute atomic E-state index is 13.7. The molecule has 25 heavy (non-hydrogen) atoms. The predicted octanol–water partition coefficient (Wildman–Crippen LogP) is 3.60. The van der Waals surface area contributed by atoms with E-state index in [0.29, 0.717) is 11.4 Å². The zero-order chi connectivity index (χ0) is 18.4. The lowest BCUT2D eigenvalue weighted by Crippen LogP contribution is -2.30. The van der Waals surface area contributed by atoms with Gasteiger partial charge in [0.05, 0.1) is 13.5 Å². The largest absolute Gasteiger partial charge is 0.497 e. The minimum atomic E-state index is -1.05. The van der Waals surface area contributed by atoms with Crippen LogP contribution in [0, 0.1) is 5.82 Å². The molecule has 0 spiro atoms. The van der Waals surface area contributed by atoms with Gasteiger partial charge in [-0.15, -0.1) is 0 Å². The van der Waals surface area contributed by atoms with Gasteiger partial charge in [0.25, 0.3) is 5.91 Å². The van der Waals surface area contributed by atoms with Crippen molar-refractivity contribution in [2.24, 2.45) is 0 Å². The number of ether oxygens (including phenoxy) is 2. The molecule has 0 aliphatic heterocycles. The molecule has 0 aromatic heterocycles. The summed E-state index contributed by atoms with van der Waals surface area (Å²) >= 11 is 5.87. The highest BCUT2D eigenvalue weighted by atomic mass is 35.5. The van der Waals surface area contributed by atoms with E-state index in [1.54, 1.807) is 24.3 Å². The Morgan fingerprint density at radius 3 is 2.64 bits per heavy atom. The van der Waals surface area contributed by atoms with Crippen molar-refractivity contribution in [2.75, 3.05) is 12.4 Å². The number of hydrogen-bond acceptors (Lipinski definition) is 4. The van der Waals surface area contributed by atoms with Crippen LogP contribution in [0.15, 0.2) is 42.5 Å². The summed E-state index contributed by atoms with van der Waals surface area (Å²) in [6.07, 6.45) is -1.41. The molecule has 2 rings (SSSR count). The zero-order valence-corrected chi connectivity index (χ0v) is 14.5. The third-order valence-corrected chi connectivity index (χ3v) is 3.75. The number of methoxy groups -OCH3 is 1. The van der Waals surface area contributed by atoms with Gasteiger partial charge in [0.2, 0.25) is 0 Å². The summed E-state index contributed by atoms with van der Waals surface area (Å²) in [5, 5.41) is 2.74. The van der Waals surface area contributed by atoms with Crippen molar-refractivity contribution in [2.45, 2.75) is 19.4 Å². The Hall–Kier alpha value is -2.60. The maximum Gasteiger partial charge on any atom is 0.311 e. The Balaban J connectivity index is 1.95. The topological polar surface area (TPSA) is 64.6 Å². The van der Waals surface area contributed by atoms with Gasteiger partial charge < -0.3 is 14.8 Å². The third-order valence-electron chi connectivity index (χ3n) is 3.40. The van der Waals surface area contributed by atoms with Gasteiger partial charge in [-0.05, 0) is 31.2 Å². The van der Waals surface area contributed by atoms with Crippen molar-refractivity contribution in [3.05, 3.63) is 58.9 Å². The van der Waals surface area contributed by atoms with E-state index in [-0.39, 0.29) is 17.0 Å². The lowest BCUT2D eigenvalue weighted by atomic mass is 10.1. The van der Waals surface area contributed by atoms with Crippen molar-refractivity contribution in [3.8, 4) is 5.75 Å². The van der Waals surface area contributed by atoms with Gasteiger partial charge in [-0.1, -0.05) is 23.7 Å². The van der Waals surface area contributed by atoms with Crippen LogP contribution in [0.25, 0.3) is 0 Å². The van der Waals surface area contributed by atoms with E-state index in [0.717, 1.165) is 0 Å². The molecule has 5 nitrogen and oxygen atoms in total. The average molecular weight is 366 g/mol. The van der Waals surface area contributed by atoms with Gasteiger partial charge in [-0.25, -0.2) is 4.39 Å². The van der Waals surface area contributed by atoms with Crippen molar-refractivity contribution < 1.29 is 23.5 Å². The van der Waals surface area contributed by atoms with Crippen LogP contribution < -0.4 is 10.1 Å². The Morgan fingerprint density at radius 2 is 1.96 bits per heavy atom. The van der Waals surface area contributed by atoms with Gasteiger partial charge >= 0.3 is 5.97 Å². The smallest absolute Gasteiger partial charge is 0.311 e. The number of anilines is 1. The van der Waals surface area contributed by atoms with Gasteiger partial charge in [-0.3, -0.25) is 9.59 Å². The number of rotatable bonds is 6. The zero-order valence-electron chi connectivity index (χ0n) is 13.7. The molecular weight excluding hydrogens is 349 g/mol. The minimum Gasteiger partial charge on any atom is -0.497 e. The Morgan fingerprint density at radius 1 is 1.24 bits per heavy atom. The third kappa shape index (κ3) is 5.19. The molecule has 0 heterocycles. The van der Waals surface area contributed by atoms with E-state index >= 15 is 0 Å². The summed E-state index contributed by atoms with van der Waals surface area (Å²) in [7, 11) is 1.51. The van der Waals surface area contributed by atoms with Crippen molar-refractivity contribution in [1.82, 2.24) is 0 Å². The first kappa shape index (κ1) is 18.7. The number of halogens is 2. The fourth-order valence-electron chi connectivity index (χ4n) is 2.08. The van der Waals surface area contributed by atoms with E-state index in [9.17, 15) is 14.0 Å². The molecule has 0 bridgehead atoms. The highest BCUT2D eigenvalue weighted by Gasteiger charge is 2.20. The number of hydrogen-bond donors (Lipinski definition) is 1. The van der Waals surface area contributed by atoms with Crippen molar-refractivity contribution >= 4 is 29.2 Å². The molecule has 2 aromatic carbocycles. The maximum atomic E-state index is 13.7. The monoisotopic (exact) mass is 365 g/mol. The molecule has 0 saturated carbocycles. The molecule has 0 aliphatic carbocycles. The second-order valence-corrected chi connectivity index (χ2v) is 5.64. The van der Waals surface area contributed by atoms with E-state index in [2.05, 4.69) is 5.32 Å². The first-order valence-corrected chi connectivity index (χ1v) is 7.85. The van der Waals surface area contributed by atoms with Crippen LogP contribution in [0.3, 0.4) is 0 Å². The fraction of sp³-hybridized carbons (Fsp3) is 0.222. The molecule has 0 saturated heterocycles. The molecule has 2 aromatic rings. The molecule has 132 valence electrons. The number of amides is 1. The van der Waals surface area contributed by atoms with Crippen molar-refractivity contribution in [3.63, 3.8) is 0 Å². The molecule has 1 N–H and O–H groups in total. The molecule has 0 radical (unpaired) electrons. The molecule has 7 heteroatoms. The first-order valence-electron chi connectivity index (χ1n) is 7.48. The summed E-state index contributed by atoms with van der Waals surface area (Å²) in [6, 6.07) is 10.9. The van der Waals surface area contributed by atoms with E-state index in [1.807, 2.05) is 0 Å². The van der Waals surface area contributed by atoms with Crippen molar-refractivity contribution in [1.29, 1.82) is 0 Å². The lowest BCUT2D eigenvalue weighted by molar-refractivity contribution is -0.152. The number of carbonyl (C=O) groups is 2. The summed E-state index contributed by atoms with van der Waals surface area (Å²) in [4.78, 5) is 24.0. The quantitative estimate of drug-likeness (QED) is 0.794. The second-order valence-electron chi connectivity index (χ2n) is 5.23. The van der Waals surface area contributed by atoms with Crippen LogP contribution in [0.4, 0.5) is 10.1 Å². The van der Waals surface area contributed by atoms with E-state index < -0.39 is 23.8 Å². The molecule has 0 aliphatic rings. The van der Waals surface area contributed by atoms with Gasteiger partial charge in [0, 0.05) is 22.3 Å². The second kappa shape index (κ2) is 8.48. The number of carbonyl (C=O) groups excluding carboxylic acids is 2. The van der Waals surface area contributed by atoms with Gasteiger partial charge in [0.1, 0.15) is 11.6 Å². The summed E-state index contributed by atoms with van der Waals surface area (Å²) in [6.45, 7) is 1.43. The Kier molecular flexibility index (Phi) is 6.36. The van der Waals surface area contributed by atoms with E-state index in [4.69, 9.17) is 21.1 Å². The van der Waals surface area contributed by atoms with Gasteiger partial charge in [0.15, 0.2) is 6.10 Å². The molecule has 0 fully saturated rings. The van der Waals surface area contributed by atoms with Crippen LogP contribution >= 0.6 is 11.6 Å².